The largest absolute Gasteiger partial charge is 0.459 e. The number of sulfonamides is 1. The Morgan fingerprint density at radius 2 is 1.71 bits per heavy atom. The van der Waals surface area contributed by atoms with Crippen molar-refractivity contribution < 1.29 is 26.7 Å². The van der Waals surface area contributed by atoms with Gasteiger partial charge in [-0.1, -0.05) is 30.3 Å². The van der Waals surface area contributed by atoms with Gasteiger partial charge in [-0.05, 0) is 26.3 Å². The number of ether oxygens (including phenoxy) is 1. The highest BCUT2D eigenvalue weighted by molar-refractivity contribution is 7.89. The first-order valence-electron chi connectivity index (χ1n) is 6.10. The molecule has 0 saturated carbocycles. The van der Waals surface area contributed by atoms with E-state index in [2.05, 4.69) is 0 Å². The summed E-state index contributed by atoms with van der Waals surface area (Å²) in [4.78, 5) is 12.1. The Morgan fingerprint density at radius 1 is 1.19 bits per heavy atom. The van der Waals surface area contributed by atoms with E-state index in [9.17, 15) is 22.0 Å². The zero-order valence-electron chi connectivity index (χ0n) is 11.8. The number of esters is 1. The molecular formula is C13H17F2NO4S. The van der Waals surface area contributed by atoms with Crippen LogP contribution in [0.25, 0.3) is 0 Å². The van der Waals surface area contributed by atoms with Crippen molar-refractivity contribution in [2.24, 2.45) is 0 Å². The van der Waals surface area contributed by atoms with E-state index in [4.69, 9.17) is 4.74 Å². The van der Waals surface area contributed by atoms with Gasteiger partial charge in [0, 0.05) is 0 Å². The van der Waals surface area contributed by atoms with E-state index < -0.39 is 33.4 Å². The number of hydrogen-bond acceptors (Lipinski definition) is 4. The maximum atomic E-state index is 12.5. The maximum Gasteiger partial charge on any atom is 0.350 e. The van der Waals surface area contributed by atoms with E-state index in [0.717, 1.165) is 0 Å². The molecule has 0 fully saturated rings. The number of carbonyl (C=O) groups is 1. The number of alkyl halides is 2. The van der Waals surface area contributed by atoms with Crippen molar-refractivity contribution >= 4 is 16.0 Å². The van der Waals surface area contributed by atoms with Gasteiger partial charge in [0.25, 0.3) is 10.0 Å². The van der Waals surface area contributed by atoms with Crippen molar-refractivity contribution in [3.63, 3.8) is 0 Å². The Labute approximate surface area is 122 Å². The first-order valence-corrected chi connectivity index (χ1v) is 7.64. The van der Waals surface area contributed by atoms with Crippen molar-refractivity contribution in [2.75, 3.05) is 0 Å². The lowest BCUT2D eigenvalue weighted by atomic mass is 10.1. The van der Waals surface area contributed by atoms with E-state index in [1.807, 2.05) is 0 Å². The maximum absolute atomic E-state index is 12.5. The molecule has 21 heavy (non-hydrogen) atoms. The zero-order valence-corrected chi connectivity index (χ0v) is 12.7. The monoisotopic (exact) mass is 321 g/mol. The third-order valence-electron chi connectivity index (χ3n) is 2.29. The van der Waals surface area contributed by atoms with Crippen LogP contribution < -0.4 is 4.72 Å². The Hall–Kier alpha value is -1.54. The molecule has 0 radical (unpaired) electrons. The fraction of sp³-hybridized carbons (Fsp3) is 0.462. The van der Waals surface area contributed by atoms with Crippen LogP contribution in [0.2, 0.25) is 0 Å². The summed E-state index contributed by atoms with van der Waals surface area (Å²) in [5, 5.41) is 0. The van der Waals surface area contributed by atoms with Crippen LogP contribution in [0, 0.1) is 0 Å². The van der Waals surface area contributed by atoms with Crippen LogP contribution >= 0.6 is 0 Å². The van der Waals surface area contributed by atoms with Crippen LogP contribution in [0.3, 0.4) is 0 Å². The molecule has 1 aromatic carbocycles. The molecule has 118 valence electrons. The van der Waals surface area contributed by atoms with Gasteiger partial charge in [0.15, 0.2) is 0 Å². The summed E-state index contributed by atoms with van der Waals surface area (Å²) in [7, 11) is -4.93. The third-order valence-corrected chi connectivity index (χ3v) is 3.33. The topological polar surface area (TPSA) is 72.5 Å². The molecule has 0 aromatic heterocycles. The Kier molecular flexibility index (Phi) is 5.41. The van der Waals surface area contributed by atoms with Crippen LogP contribution in [0.15, 0.2) is 30.3 Å². The number of hydrogen-bond donors (Lipinski definition) is 1. The van der Waals surface area contributed by atoms with E-state index in [1.165, 1.54) is 12.1 Å². The van der Waals surface area contributed by atoms with Gasteiger partial charge in [-0.25, -0.2) is 13.2 Å². The quantitative estimate of drug-likeness (QED) is 0.844. The number of benzene rings is 1. The number of nitrogens with one attached hydrogen (secondary N) is 1. The first-order chi connectivity index (χ1) is 9.53. The molecule has 0 heterocycles. The normalized spacial score (nSPS) is 14.0. The van der Waals surface area contributed by atoms with E-state index in [-0.39, 0.29) is 5.56 Å². The second kappa shape index (κ2) is 6.48. The van der Waals surface area contributed by atoms with E-state index in [0.29, 0.717) is 0 Å². The van der Waals surface area contributed by atoms with Crippen LogP contribution in [0.5, 0.6) is 0 Å². The zero-order chi connectivity index (χ0) is 16.3. The van der Waals surface area contributed by atoms with Crippen molar-refractivity contribution in [1.82, 2.24) is 4.72 Å². The van der Waals surface area contributed by atoms with Gasteiger partial charge in [-0.3, -0.25) is 0 Å². The second-order valence-electron chi connectivity index (χ2n) is 5.30. The molecule has 1 N–H and O–H groups in total. The van der Waals surface area contributed by atoms with Crippen molar-refractivity contribution in [1.29, 1.82) is 0 Å². The minimum Gasteiger partial charge on any atom is -0.459 e. The Bertz CT molecular complexity index is 582. The van der Waals surface area contributed by atoms with E-state index >= 15 is 0 Å². The van der Waals surface area contributed by atoms with Gasteiger partial charge in [0.1, 0.15) is 11.6 Å². The molecule has 0 amide bonds. The summed E-state index contributed by atoms with van der Waals surface area (Å²) >= 11 is 0. The average Bonchev–Trinajstić information content (AvgIpc) is 2.34. The molecule has 1 atom stereocenters. The van der Waals surface area contributed by atoms with Crippen LogP contribution in [0.1, 0.15) is 32.4 Å². The second-order valence-corrected chi connectivity index (χ2v) is 6.98. The third kappa shape index (κ3) is 5.39. The molecule has 0 spiro atoms. The summed E-state index contributed by atoms with van der Waals surface area (Å²) in [5.41, 5.74) is -0.656. The van der Waals surface area contributed by atoms with Crippen molar-refractivity contribution in [3.8, 4) is 0 Å². The van der Waals surface area contributed by atoms with Gasteiger partial charge < -0.3 is 4.74 Å². The molecule has 0 aliphatic carbocycles. The molecule has 1 rings (SSSR count). The molecule has 0 aliphatic heterocycles. The summed E-state index contributed by atoms with van der Waals surface area (Å²) in [5.74, 6) is -4.58. The lowest BCUT2D eigenvalue weighted by Gasteiger charge is -2.24. The smallest absolute Gasteiger partial charge is 0.350 e. The summed E-state index contributed by atoms with van der Waals surface area (Å²) in [6.45, 7) is 4.78. The molecular weight excluding hydrogens is 304 g/mol. The SMILES string of the molecule is CC(C)(C)OC(=O)[C@H](NS(=O)(=O)C(F)F)c1ccccc1. The summed E-state index contributed by atoms with van der Waals surface area (Å²) in [6, 6.07) is 6.14. The minimum absolute atomic E-state index is 0.218. The number of carbonyl (C=O) groups excluding carboxylic acids is 1. The lowest BCUT2D eigenvalue weighted by Crippen LogP contribution is -2.40. The van der Waals surface area contributed by atoms with Gasteiger partial charge in [-0.15, -0.1) is 0 Å². The molecule has 5 nitrogen and oxygen atoms in total. The van der Waals surface area contributed by atoms with Gasteiger partial charge in [-0.2, -0.15) is 13.5 Å². The van der Waals surface area contributed by atoms with Crippen LogP contribution in [0.4, 0.5) is 8.78 Å². The van der Waals surface area contributed by atoms with Gasteiger partial charge in [0.05, 0.1) is 0 Å². The number of rotatable bonds is 5. The highest BCUT2D eigenvalue weighted by Crippen LogP contribution is 2.20. The fourth-order valence-corrected chi connectivity index (χ4v) is 2.14. The van der Waals surface area contributed by atoms with Gasteiger partial charge >= 0.3 is 11.7 Å². The lowest BCUT2D eigenvalue weighted by molar-refractivity contribution is -0.157. The predicted molar refractivity (Wildman–Crippen MR) is 73.1 cm³/mol. The molecule has 0 bridgehead atoms. The van der Waals surface area contributed by atoms with Gasteiger partial charge in [0.2, 0.25) is 0 Å². The van der Waals surface area contributed by atoms with Crippen LogP contribution in [-0.2, 0) is 19.6 Å². The minimum atomic E-state index is -4.93. The van der Waals surface area contributed by atoms with Crippen molar-refractivity contribution in [2.45, 2.75) is 38.2 Å². The van der Waals surface area contributed by atoms with Crippen molar-refractivity contribution in [3.05, 3.63) is 35.9 Å². The summed E-state index contributed by atoms with van der Waals surface area (Å²) in [6.07, 6.45) is 0. The predicted octanol–water partition coefficient (Wildman–Crippen LogP) is 2.21. The fourth-order valence-electron chi connectivity index (χ4n) is 1.47. The number of halogens is 2. The first kappa shape index (κ1) is 17.5. The molecule has 0 unspecified atom stereocenters. The average molecular weight is 321 g/mol. The Balaban J connectivity index is 3.10. The van der Waals surface area contributed by atoms with E-state index in [1.54, 1.807) is 43.7 Å². The molecule has 0 aliphatic rings. The molecule has 1 aromatic rings. The standard InChI is InChI=1S/C13H17F2NO4S/c1-13(2,3)20-11(17)10(9-7-5-4-6-8-9)16-21(18,19)12(14)15/h4-8,10,12,16H,1-3H3/t10-/m1/s1. The molecule has 0 saturated heterocycles. The highest BCUT2D eigenvalue weighted by atomic mass is 32.2. The van der Waals surface area contributed by atoms with Crippen LogP contribution in [-0.4, -0.2) is 25.7 Å². The highest BCUT2D eigenvalue weighted by Gasteiger charge is 2.34. The summed E-state index contributed by atoms with van der Waals surface area (Å²) < 4.78 is 54.4. The molecule has 8 heteroatoms. The Morgan fingerprint density at radius 3 is 2.14 bits per heavy atom.